The molecule has 0 spiro atoms. The van der Waals surface area contributed by atoms with E-state index in [1.807, 2.05) is 25.1 Å². The third-order valence-corrected chi connectivity index (χ3v) is 3.08. The molecule has 84 valence electrons. The number of nitrogens with two attached hydrogens (primary N) is 1. The van der Waals surface area contributed by atoms with Crippen molar-refractivity contribution < 1.29 is 0 Å². The summed E-state index contributed by atoms with van der Waals surface area (Å²) >= 11 is 0. The van der Waals surface area contributed by atoms with E-state index in [1.165, 1.54) is 12.8 Å². The highest BCUT2D eigenvalue weighted by atomic mass is 15.2. The molecule has 1 saturated heterocycles. The van der Waals surface area contributed by atoms with Crippen molar-refractivity contribution in [3.8, 4) is 11.8 Å². The highest BCUT2D eigenvalue weighted by molar-refractivity contribution is 5.50. The molecule has 1 heterocycles. The molecule has 1 atom stereocenters. The molecule has 1 aromatic rings. The Bertz CT molecular complexity index is 408. The third kappa shape index (κ3) is 2.20. The van der Waals surface area contributed by atoms with Gasteiger partial charge in [0.1, 0.15) is 0 Å². The second kappa shape index (κ2) is 5.05. The highest BCUT2D eigenvalue weighted by Gasteiger charge is 2.22. The first-order chi connectivity index (χ1) is 7.83. The molecule has 0 saturated carbocycles. The quantitative estimate of drug-likeness (QED) is 0.605. The fourth-order valence-corrected chi connectivity index (χ4v) is 2.26. The number of benzene rings is 1. The Labute approximate surface area is 97.4 Å². The molecule has 0 aromatic heterocycles. The Morgan fingerprint density at radius 2 is 1.94 bits per heavy atom. The molecular formula is C14H18N2. The maximum absolute atomic E-state index is 6.02. The van der Waals surface area contributed by atoms with Crippen molar-refractivity contribution in [1.29, 1.82) is 0 Å². The highest BCUT2D eigenvalue weighted by Crippen LogP contribution is 2.28. The van der Waals surface area contributed by atoms with Crippen LogP contribution in [0.3, 0.4) is 0 Å². The smallest absolute Gasteiger partial charge is 0.0990 e. The number of nitrogen functional groups attached to an aromatic ring is 1. The van der Waals surface area contributed by atoms with Crippen LogP contribution in [-0.2, 0) is 0 Å². The van der Waals surface area contributed by atoms with E-state index in [1.54, 1.807) is 0 Å². The second-order valence-corrected chi connectivity index (χ2v) is 4.17. The molecule has 2 nitrogen and oxygen atoms in total. The van der Waals surface area contributed by atoms with Gasteiger partial charge in [-0.3, -0.25) is 4.90 Å². The van der Waals surface area contributed by atoms with Crippen LogP contribution in [0.2, 0.25) is 0 Å². The van der Waals surface area contributed by atoms with E-state index in [2.05, 4.69) is 22.8 Å². The molecule has 1 aliphatic rings. The van der Waals surface area contributed by atoms with Crippen molar-refractivity contribution >= 4 is 5.69 Å². The first-order valence-corrected chi connectivity index (χ1v) is 5.83. The average Bonchev–Trinajstić information content (AvgIpc) is 2.80. The van der Waals surface area contributed by atoms with E-state index in [4.69, 9.17) is 5.73 Å². The molecule has 0 aliphatic carbocycles. The van der Waals surface area contributed by atoms with Gasteiger partial charge < -0.3 is 5.73 Å². The Morgan fingerprint density at radius 3 is 2.56 bits per heavy atom. The minimum absolute atomic E-state index is 0.175. The Morgan fingerprint density at radius 1 is 1.25 bits per heavy atom. The lowest BCUT2D eigenvalue weighted by Crippen LogP contribution is -2.25. The number of likely N-dealkylation sites (tertiary alicyclic amines) is 1. The van der Waals surface area contributed by atoms with E-state index < -0.39 is 0 Å². The number of hydrogen-bond donors (Lipinski definition) is 1. The largest absolute Gasteiger partial charge is 0.398 e. The topological polar surface area (TPSA) is 29.3 Å². The van der Waals surface area contributed by atoms with Crippen LogP contribution in [0.25, 0.3) is 0 Å². The van der Waals surface area contributed by atoms with Gasteiger partial charge in [-0.1, -0.05) is 24.1 Å². The number of rotatable bonds is 2. The first kappa shape index (κ1) is 11.0. The lowest BCUT2D eigenvalue weighted by molar-refractivity contribution is 0.297. The van der Waals surface area contributed by atoms with Crippen LogP contribution in [0.4, 0.5) is 5.69 Å². The molecule has 0 radical (unpaired) electrons. The average molecular weight is 214 g/mol. The fourth-order valence-electron chi connectivity index (χ4n) is 2.26. The first-order valence-electron chi connectivity index (χ1n) is 5.83. The van der Waals surface area contributed by atoms with Crippen molar-refractivity contribution in [1.82, 2.24) is 4.90 Å². The maximum Gasteiger partial charge on any atom is 0.0990 e. The van der Waals surface area contributed by atoms with Gasteiger partial charge in [-0.05, 0) is 38.9 Å². The minimum atomic E-state index is 0.175. The lowest BCUT2D eigenvalue weighted by Gasteiger charge is -2.24. The summed E-state index contributed by atoms with van der Waals surface area (Å²) in [5.74, 6) is 6.30. The Kier molecular flexibility index (Phi) is 3.48. The molecule has 2 N–H and O–H groups in total. The summed E-state index contributed by atoms with van der Waals surface area (Å²) < 4.78 is 0. The van der Waals surface area contributed by atoms with Crippen molar-refractivity contribution in [3.63, 3.8) is 0 Å². The summed E-state index contributed by atoms with van der Waals surface area (Å²) in [6, 6.07) is 8.22. The molecule has 1 aliphatic heterocycles. The summed E-state index contributed by atoms with van der Waals surface area (Å²) in [6.07, 6.45) is 2.54. The van der Waals surface area contributed by atoms with Crippen molar-refractivity contribution in [2.45, 2.75) is 25.8 Å². The summed E-state index contributed by atoms with van der Waals surface area (Å²) in [6.45, 7) is 4.16. The number of hydrogen-bond acceptors (Lipinski definition) is 2. The predicted octanol–water partition coefficient (Wildman–Crippen LogP) is 2.43. The summed E-state index contributed by atoms with van der Waals surface area (Å²) in [7, 11) is 0. The molecule has 2 rings (SSSR count). The van der Waals surface area contributed by atoms with Gasteiger partial charge in [0, 0.05) is 11.3 Å². The number of nitrogens with zero attached hydrogens (tertiary/aromatic N) is 1. The van der Waals surface area contributed by atoms with Crippen LogP contribution >= 0.6 is 0 Å². The van der Waals surface area contributed by atoms with Crippen LogP contribution < -0.4 is 5.73 Å². The van der Waals surface area contributed by atoms with E-state index in [0.717, 1.165) is 24.3 Å². The Balaban J connectivity index is 2.31. The fraction of sp³-hybridized carbons (Fsp3) is 0.429. The van der Waals surface area contributed by atoms with Gasteiger partial charge in [-0.2, -0.15) is 0 Å². The standard InChI is InChI=1S/C14H18N2/c1-2-7-14(16-10-5-6-11-16)12-8-3-4-9-13(12)15/h3-4,8-9,14H,5-6,10-11,15H2,1H3. The van der Waals surface area contributed by atoms with Crippen LogP contribution in [0, 0.1) is 11.8 Å². The molecule has 1 aromatic carbocycles. The summed E-state index contributed by atoms with van der Waals surface area (Å²) in [4.78, 5) is 2.42. The number of anilines is 1. The molecule has 1 unspecified atom stereocenters. The molecule has 0 bridgehead atoms. The van der Waals surface area contributed by atoms with E-state index in [-0.39, 0.29) is 6.04 Å². The van der Waals surface area contributed by atoms with Gasteiger partial charge in [0.25, 0.3) is 0 Å². The summed E-state index contributed by atoms with van der Waals surface area (Å²) in [5.41, 5.74) is 8.03. The monoisotopic (exact) mass is 214 g/mol. The predicted molar refractivity (Wildman–Crippen MR) is 67.9 cm³/mol. The lowest BCUT2D eigenvalue weighted by atomic mass is 10.0. The molecule has 1 fully saturated rings. The van der Waals surface area contributed by atoms with Crippen LogP contribution in [0.1, 0.15) is 31.4 Å². The molecule has 0 amide bonds. The van der Waals surface area contributed by atoms with Crippen molar-refractivity contribution in [2.24, 2.45) is 0 Å². The Hall–Kier alpha value is -1.46. The summed E-state index contributed by atoms with van der Waals surface area (Å²) in [5, 5.41) is 0. The molecular weight excluding hydrogens is 196 g/mol. The van der Waals surface area contributed by atoms with Crippen LogP contribution in [0.5, 0.6) is 0 Å². The van der Waals surface area contributed by atoms with Gasteiger partial charge in [-0.15, -0.1) is 5.92 Å². The zero-order valence-electron chi connectivity index (χ0n) is 9.74. The minimum Gasteiger partial charge on any atom is -0.398 e. The van der Waals surface area contributed by atoms with Crippen molar-refractivity contribution in [3.05, 3.63) is 29.8 Å². The van der Waals surface area contributed by atoms with Gasteiger partial charge in [0.15, 0.2) is 0 Å². The third-order valence-electron chi connectivity index (χ3n) is 3.08. The number of para-hydroxylation sites is 1. The molecule has 2 heteroatoms. The van der Waals surface area contributed by atoms with E-state index in [9.17, 15) is 0 Å². The normalized spacial score (nSPS) is 17.8. The van der Waals surface area contributed by atoms with Crippen LogP contribution in [-0.4, -0.2) is 18.0 Å². The zero-order valence-corrected chi connectivity index (χ0v) is 9.74. The van der Waals surface area contributed by atoms with Gasteiger partial charge in [-0.25, -0.2) is 0 Å². The van der Waals surface area contributed by atoms with E-state index in [0.29, 0.717) is 0 Å². The van der Waals surface area contributed by atoms with Gasteiger partial charge in [0.05, 0.1) is 6.04 Å². The van der Waals surface area contributed by atoms with Gasteiger partial charge in [0.2, 0.25) is 0 Å². The SMILES string of the molecule is CC#CC(c1ccccc1N)N1CCCC1. The van der Waals surface area contributed by atoms with Crippen LogP contribution in [0.15, 0.2) is 24.3 Å². The molecule has 16 heavy (non-hydrogen) atoms. The van der Waals surface area contributed by atoms with Crippen molar-refractivity contribution in [2.75, 3.05) is 18.8 Å². The van der Waals surface area contributed by atoms with Gasteiger partial charge >= 0.3 is 0 Å². The maximum atomic E-state index is 6.02. The van der Waals surface area contributed by atoms with E-state index >= 15 is 0 Å². The zero-order chi connectivity index (χ0) is 11.4. The second-order valence-electron chi connectivity index (χ2n) is 4.17.